The summed E-state index contributed by atoms with van der Waals surface area (Å²) in [6.45, 7) is 8.38. The highest BCUT2D eigenvalue weighted by Gasteiger charge is 2.60. The van der Waals surface area contributed by atoms with Crippen LogP contribution in [-0.4, -0.2) is 11.8 Å². The van der Waals surface area contributed by atoms with E-state index in [2.05, 4.69) is 31.3 Å². The van der Waals surface area contributed by atoms with Crippen molar-refractivity contribution in [1.82, 2.24) is 10.9 Å². The van der Waals surface area contributed by atoms with Gasteiger partial charge in [-0.1, -0.05) is 38.1 Å². The second kappa shape index (κ2) is 5.18. The maximum atomic E-state index is 13.6. The lowest BCUT2D eigenvalue weighted by Gasteiger charge is -2.37. The average molecular weight is 316 g/mol. The van der Waals surface area contributed by atoms with Crippen molar-refractivity contribution in [2.45, 2.75) is 33.1 Å². The number of hydrogen-bond acceptors (Lipinski definition) is 2. The molecule has 122 valence electrons. The monoisotopic (exact) mass is 316 g/mol. The Bertz CT molecular complexity index is 698. The second-order valence-corrected chi connectivity index (χ2v) is 7.11. The van der Waals surface area contributed by atoms with Crippen LogP contribution in [-0.2, 0) is 4.79 Å². The molecule has 0 saturated heterocycles. The molecule has 1 aromatic carbocycles. The summed E-state index contributed by atoms with van der Waals surface area (Å²) in [5, 5.41) is 0. The Labute approximate surface area is 135 Å². The molecule has 0 aliphatic heterocycles. The summed E-state index contributed by atoms with van der Waals surface area (Å²) in [5.74, 6) is -1.08. The molecule has 1 aromatic rings. The zero-order chi connectivity index (χ0) is 16.8. The van der Waals surface area contributed by atoms with E-state index in [0.717, 1.165) is 24.8 Å². The number of rotatable bonds is 2. The van der Waals surface area contributed by atoms with Crippen molar-refractivity contribution in [2.75, 3.05) is 0 Å². The largest absolute Gasteiger partial charge is 0.272 e. The third-order valence-corrected chi connectivity index (χ3v) is 5.73. The molecule has 0 heterocycles. The van der Waals surface area contributed by atoms with Gasteiger partial charge in [0.05, 0.1) is 11.0 Å². The third-order valence-electron chi connectivity index (χ3n) is 5.73. The van der Waals surface area contributed by atoms with Crippen LogP contribution >= 0.6 is 0 Å². The summed E-state index contributed by atoms with van der Waals surface area (Å²) in [7, 11) is 0. The van der Waals surface area contributed by atoms with Gasteiger partial charge in [-0.25, -0.2) is 4.39 Å². The lowest BCUT2D eigenvalue weighted by molar-refractivity contribution is -0.129. The van der Waals surface area contributed by atoms with Crippen LogP contribution in [0.15, 0.2) is 36.4 Å². The molecule has 0 spiro atoms. The van der Waals surface area contributed by atoms with Crippen molar-refractivity contribution in [1.29, 1.82) is 0 Å². The van der Waals surface area contributed by atoms with Gasteiger partial charge in [-0.2, -0.15) is 0 Å². The van der Waals surface area contributed by atoms with Crippen LogP contribution in [0.2, 0.25) is 0 Å². The van der Waals surface area contributed by atoms with Gasteiger partial charge in [0.15, 0.2) is 0 Å². The number of carbonyl (C=O) groups is 2. The van der Waals surface area contributed by atoms with Gasteiger partial charge in [0.1, 0.15) is 5.82 Å². The van der Waals surface area contributed by atoms with E-state index in [4.69, 9.17) is 0 Å². The maximum Gasteiger partial charge on any atom is 0.272 e. The molecule has 0 aromatic heterocycles. The molecule has 4 nitrogen and oxygen atoms in total. The Morgan fingerprint density at radius 1 is 1.26 bits per heavy atom. The molecular formula is C18H21FN2O2. The van der Waals surface area contributed by atoms with Crippen molar-refractivity contribution in [2.24, 2.45) is 16.7 Å². The number of hydrazine groups is 1. The van der Waals surface area contributed by atoms with Gasteiger partial charge >= 0.3 is 0 Å². The smallest absolute Gasteiger partial charge is 0.272 e. The van der Waals surface area contributed by atoms with Gasteiger partial charge in [0, 0.05) is 0 Å². The molecule has 2 amide bonds. The number of hydrogen-bond donors (Lipinski definition) is 2. The molecule has 2 aliphatic rings. The van der Waals surface area contributed by atoms with Gasteiger partial charge in [0.2, 0.25) is 5.91 Å². The minimum Gasteiger partial charge on any atom is -0.272 e. The van der Waals surface area contributed by atoms with E-state index in [1.165, 1.54) is 18.2 Å². The van der Waals surface area contributed by atoms with Crippen LogP contribution < -0.4 is 10.9 Å². The molecule has 0 unspecified atom stereocenters. The lowest BCUT2D eigenvalue weighted by atomic mass is 9.68. The predicted molar refractivity (Wildman–Crippen MR) is 84.7 cm³/mol. The third kappa shape index (κ3) is 2.26. The summed E-state index contributed by atoms with van der Waals surface area (Å²) in [6, 6.07) is 5.66. The Hall–Kier alpha value is -2.17. The number of carbonyl (C=O) groups excluding carboxylic acids is 2. The van der Waals surface area contributed by atoms with Crippen LogP contribution in [0.3, 0.4) is 0 Å². The molecule has 3 rings (SSSR count). The van der Waals surface area contributed by atoms with Crippen molar-refractivity contribution in [3.8, 4) is 0 Å². The van der Waals surface area contributed by atoms with E-state index in [9.17, 15) is 14.0 Å². The van der Waals surface area contributed by atoms with Crippen molar-refractivity contribution in [3.05, 3.63) is 47.8 Å². The van der Waals surface area contributed by atoms with E-state index in [1.54, 1.807) is 6.07 Å². The highest BCUT2D eigenvalue weighted by molar-refractivity contribution is 5.96. The molecule has 2 N–H and O–H groups in total. The predicted octanol–water partition coefficient (Wildman–Crippen LogP) is 2.97. The zero-order valence-electron chi connectivity index (χ0n) is 13.4. The fourth-order valence-electron chi connectivity index (χ4n) is 4.09. The molecule has 23 heavy (non-hydrogen) atoms. The van der Waals surface area contributed by atoms with E-state index < -0.39 is 17.1 Å². The fourth-order valence-corrected chi connectivity index (χ4v) is 4.09. The SMILES string of the molecule is C=C1C(C)(C)[C@H]2CC[C@]1(C(=O)NNC(=O)c1ccccc1F)C2. The quantitative estimate of drug-likeness (QED) is 0.651. The zero-order valence-corrected chi connectivity index (χ0v) is 13.4. The molecule has 2 fully saturated rings. The first kappa shape index (κ1) is 15.7. The van der Waals surface area contributed by atoms with Crippen LogP contribution in [0.4, 0.5) is 4.39 Å². The summed E-state index contributed by atoms with van der Waals surface area (Å²) in [5.41, 5.74) is 4.95. The number of halogens is 1. The van der Waals surface area contributed by atoms with E-state index in [-0.39, 0.29) is 16.9 Å². The molecule has 2 bridgehead atoms. The Kier molecular flexibility index (Phi) is 3.54. The molecule has 2 aliphatic carbocycles. The molecule has 5 heteroatoms. The number of fused-ring (bicyclic) bond motifs is 2. The molecule has 2 saturated carbocycles. The topological polar surface area (TPSA) is 58.2 Å². The first-order valence-corrected chi connectivity index (χ1v) is 7.84. The Morgan fingerprint density at radius 3 is 2.57 bits per heavy atom. The van der Waals surface area contributed by atoms with Gasteiger partial charge in [-0.05, 0) is 42.7 Å². The van der Waals surface area contributed by atoms with Gasteiger partial charge < -0.3 is 0 Å². The minimum atomic E-state index is -0.662. The first-order chi connectivity index (χ1) is 10.8. The summed E-state index contributed by atoms with van der Waals surface area (Å²) in [4.78, 5) is 24.7. The van der Waals surface area contributed by atoms with Crippen molar-refractivity contribution in [3.63, 3.8) is 0 Å². The summed E-state index contributed by atoms with van der Waals surface area (Å²) >= 11 is 0. The highest BCUT2D eigenvalue weighted by atomic mass is 19.1. The highest BCUT2D eigenvalue weighted by Crippen LogP contribution is 2.65. The van der Waals surface area contributed by atoms with Crippen molar-refractivity contribution >= 4 is 11.8 Å². The summed E-state index contributed by atoms with van der Waals surface area (Å²) < 4.78 is 13.6. The normalized spacial score (nSPS) is 27.8. The van der Waals surface area contributed by atoms with Crippen LogP contribution in [0, 0.1) is 22.6 Å². The molecular weight excluding hydrogens is 295 g/mol. The van der Waals surface area contributed by atoms with E-state index >= 15 is 0 Å². The van der Waals surface area contributed by atoms with Crippen LogP contribution in [0.1, 0.15) is 43.5 Å². The Balaban J connectivity index is 1.70. The number of amides is 2. The van der Waals surface area contributed by atoms with Gasteiger partial charge in [-0.15, -0.1) is 0 Å². The molecule has 2 atom stereocenters. The van der Waals surface area contributed by atoms with Crippen LogP contribution in [0.5, 0.6) is 0 Å². The summed E-state index contributed by atoms with van der Waals surface area (Å²) in [6.07, 6.45) is 2.50. The standard InChI is InChI=1S/C18H21FN2O2/c1-11-17(2,3)12-8-9-18(11,10-12)16(23)21-20-15(22)13-6-4-5-7-14(13)19/h4-7,12H,1,8-10H2,2-3H3,(H,20,22)(H,21,23)/t12-,18-/m0/s1. The lowest BCUT2D eigenvalue weighted by Crippen LogP contribution is -2.49. The average Bonchev–Trinajstić information content (AvgIpc) is 3.05. The van der Waals surface area contributed by atoms with E-state index in [0.29, 0.717) is 5.92 Å². The van der Waals surface area contributed by atoms with Gasteiger partial charge in [-0.3, -0.25) is 20.4 Å². The number of nitrogens with one attached hydrogen (secondary N) is 2. The first-order valence-electron chi connectivity index (χ1n) is 7.84. The van der Waals surface area contributed by atoms with Gasteiger partial charge in [0.25, 0.3) is 5.91 Å². The number of benzene rings is 1. The molecule has 0 radical (unpaired) electrons. The fraction of sp³-hybridized carbons (Fsp3) is 0.444. The van der Waals surface area contributed by atoms with Crippen LogP contribution in [0.25, 0.3) is 0 Å². The second-order valence-electron chi connectivity index (χ2n) is 7.11. The van der Waals surface area contributed by atoms with Crippen molar-refractivity contribution < 1.29 is 14.0 Å². The minimum absolute atomic E-state index is 0.0643. The van der Waals surface area contributed by atoms with E-state index in [1.807, 2.05) is 0 Å². The maximum absolute atomic E-state index is 13.6. The Morgan fingerprint density at radius 2 is 1.96 bits per heavy atom.